The average molecular weight is 404 g/mol. The molecule has 6 nitrogen and oxygen atoms in total. The van der Waals surface area contributed by atoms with Gasteiger partial charge in [0.2, 0.25) is 0 Å². The zero-order valence-corrected chi connectivity index (χ0v) is 17.7. The fourth-order valence-electron chi connectivity index (χ4n) is 3.54. The van der Waals surface area contributed by atoms with Crippen LogP contribution in [0.25, 0.3) is 10.6 Å². The largest absolute Gasteiger partial charge is 0.493 e. The molecule has 0 unspecified atom stereocenters. The summed E-state index contributed by atoms with van der Waals surface area (Å²) in [7, 11) is 3.21. The van der Waals surface area contributed by atoms with Crippen LogP contribution in [0, 0.1) is 0 Å². The Kier molecular flexibility index (Phi) is 7.28. The van der Waals surface area contributed by atoms with Crippen molar-refractivity contribution in [2.45, 2.75) is 38.6 Å². The number of amides is 1. The van der Waals surface area contributed by atoms with Crippen LogP contribution in [0.5, 0.6) is 11.5 Å². The fraction of sp³-hybridized carbons (Fsp3) is 0.524. The number of hydrogen-bond acceptors (Lipinski definition) is 6. The number of hydrogen-bond donors (Lipinski definition) is 1. The van der Waals surface area contributed by atoms with Gasteiger partial charge < -0.3 is 19.7 Å². The molecular weight excluding hydrogens is 374 g/mol. The number of carbonyl (C=O) groups is 1. The third kappa shape index (κ3) is 5.02. The molecule has 0 bridgehead atoms. The van der Waals surface area contributed by atoms with Crippen molar-refractivity contribution in [1.29, 1.82) is 0 Å². The molecule has 1 aliphatic rings. The lowest BCUT2D eigenvalue weighted by molar-refractivity contribution is 0.0944. The van der Waals surface area contributed by atoms with Crippen LogP contribution in [0.1, 0.15) is 43.1 Å². The van der Waals surface area contributed by atoms with E-state index in [9.17, 15) is 4.79 Å². The van der Waals surface area contributed by atoms with E-state index in [0.29, 0.717) is 29.8 Å². The van der Waals surface area contributed by atoms with Gasteiger partial charge in [-0.05, 0) is 50.9 Å². The minimum atomic E-state index is -0.116. The van der Waals surface area contributed by atoms with E-state index < -0.39 is 0 Å². The van der Waals surface area contributed by atoms with Crippen molar-refractivity contribution in [2.75, 3.05) is 33.9 Å². The second-order valence-electron chi connectivity index (χ2n) is 7.10. The van der Waals surface area contributed by atoms with Crippen molar-refractivity contribution < 1.29 is 14.3 Å². The van der Waals surface area contributed by atoms with Crippen LogP contribution in [-0.4, -0.2) is 55.7 Å². The highest BCUT2D eigenvalue weighted by molar-refractivity contribution is 7.13. The highest BCUT2D eigenvalue weighted by atomic mass is 32.1. The van der Waals surface area contributed by atoms with E-state index in [1.165, 1.54) is 37.1 Å². The van der Waals surface area contributed by atoms with Crippen molar-refractivity contribution >= 4 is 17.2 Å². The molecule has 1 aromatic carbocycles. The second-order valence-corrected chi connectivity index (χ2v) is 7.96. The molecule has 1 aromatic heterocycles. The number of benzene rings is 1. The Morgan fingerprint density at radius 3 is 2.86 bits per heavy atom. The molecule has 1 atom stereocenters. The van der Waals surface area contributed by atoms with Gasteiger partial charge in [0.1, 0.15) is 10.7 Å². The SMILES string of the molecule is COc1ccc(-c2nc(C(=O)NCCCN3CCCC[C@H]3C)cs2)cc1OC. The van der Waals surface area contributed by atoms with Gasteiger partial charge in [0.25, 0.3) is 5.91 Å². The van der Waals surface area contributed by atoms with Gasteiger partial charge in [0.05, 0.1) is 14.2 Å². The minimum absolute atomic E-state index is 0.116. The Morgan fingerprint density at radius 2 is 2.11 bits per heavy atom. The first kappa shape index (κ1) is 20.6. The number of piperidine rings is 1. The van der Waals surface area contributed by atoms with Crippen molar-refractivity contribution in [3.8, 4) is 22.1 Å². The topological polar surface area (TPSA) is 63.7 Å². The zero-order chi connectivity index (χ0) is 19.9. The molecule has 0 aliphatic carbocycles. The summed E-state index contributed by atoms with van der Waals surface area (Å²) >= 11 is 1.45. The summed E-state index contributed by atoms with van der Waals surface area (Å²) in [6.45, 7) is 5.18. The summed E-state index contributed by atoms with van der Waals surface area (Å²) in [5, 5.41) is 5.58. The molecule has 2 heterocycles. The highest BCUT2D eigenvalue weighted by Gasteiger charge is 2.18. The van der Waals surface area contributed by atoms with Gasteiger partial charge in [-0.2, -0.15) is 0 Å². The molecule has 0 spiro atoms. The Hall–Kier alpha value is -2.12. The first-order valence-corrected chi connectivity index (χ1v) is 10.7. The van der Waals surface area contributed by atoms with E-state index in [2.05, 4.69) is 22.1 Å². The summed E-state index contributed by atoms with van der Waals surface area (Å²) in [6, 6.07) is 6.30. The maximum Gasteiger partial charge on any atom is 0.270 e. The smallest absolute Gasteiger partial charge is 0.270 e. The van der Waals surface area contributed by atoms with Crippen molar-refractivity contribution in [3.63, 3.8) is 0 Å². The summed E-state index contributed by atoms with van der Waals surface area (Å²) in [4.78, 5) is 19.4. The molecule has 0 saturated carbocycles. The van der Waals surface area contributed by atoms with Gasteiger partial charge in [-0.15, -0.1) is 11.3 Å². The zero-order valence-electron chi connectivity index (χ0n) is 16.9. The molecule has 1 fully saturated rings. The summed E-state index contributed by atoms with van der Waals surface area (Å²) in [6.07, 6.45) is 4.86. The molecule has 1 N–H and O–H groups in total. The number of aromatic nitrogens is 1. The van der Waals surface area contributed by atoms with Crippen LogP contribution in [0.4, 0.5) is 0 Å². The molecule has 7 heteroatoms. The van der Waals surface area contributed by atoms with Crippen molar-refractivity contribution in [1.82, 2.24) is 15.2 Å². The fourth-order valence-corrected chi connectivity index (χ4v) is 4.34. The molecule has 1 aliphatic heterocycles. The number of rotatable bonds is 8. The van der Waals surface area contributed by atoms with Crippen LogP contribution < -0.4 is 14.8 Å². The molecule has 1 amide bonds. The first-order chi connectivity index (χ1) is 13.6. The van der Waals surface area contributed by atoms with Crippen molar-refractivity contribution in [2.24, 2.45) is 0 Å². The van der Waals surface area contributed by atoms with E-state index in [-0.39, 0.29) is 5.91 Å². The van der Waals surface area contributed by atoms with E-state index in [0.717, 1.165) is 23.5 Å². The highest BCUT2D eigenvalue weighted by Crippen LogP contribution is 2.33. The molecule has 152 valence electrons. The first-order valence-electron chi connectivity index (χ1n) is 9.82. The Labute approximate surface area is 170 Å². The van der Waals surface area contributed by atoms with Gasteiger partial charge in [0.15, 0.2) is 11.5 Å². The summed E-state index contributed by atoms with van der Waals surface area (Å²) in [5.74, 6) is 1.20. The Balaban J connectivity index is 1.52. The molecule has 2 aromatic rings. The third-order valence-corrected chi connectivity index (χ3v) is 6.11. The molecule has 28 heavy (non-hydrogen) atoms. The standard InChI is InChI=1S/C21H29N3O3S/c1-15-7-4-5-11-24(15)12-6-10-22-20(25)17-14-28-21(23-17)16-8-9-18(26-2)19(13-16)27-3/h8-9,13-15H,4-7,10-12H2,1-3H3,(H,22,25)/t15-/m1/s1. The van der Waals surface area contributed by atoms with E-state index in [4.69, 9.17) is 9.47 Å². The number of ether oxygens (including phenoxy) is 2. The van der Waals surface area contributed by atoms with Gasteiger partial charge in [-0.1, -0.05) is 6.42 Å². The molecule has 0 radical (unpaired) electrons. The predicted octanol–water partition coefficient (Wildman–Crippen LogP) is 3.82. The third-order valence-electron chi connectivity index (χ3n) is 5.22. The maximum absolute atomic E-state index is 12.4. The van der Waals surface area contributed by atoms with Gasteiger partial charge >= 0.3 is 0 Å². The Bertz CT molecular complexity index is 793. The van der Waals surface area contributed by atoms with Crippen LogP contribution >= 0.6 is 11.3 Å². The summed E-state index contributed by atoms with van der Waals surface area (Å²) in [5.41, 5.74) is 1.36. The van der Waals surface area contributed by atoms with E-state index >= 15 is 0 Å². The monoisotopic (exact) mass is 403 g/mol. The summed E-state index contributed by atoms with van der Waals surface area (Å²) < 4.78 is 10.6. The van der Waals surface area contributed by atoms with E-state index in [1.54, 1.807) is 19.6 Å². The number of carbonyl (C=O) groups excluding carboxylic acids is 1. The predicted molar refractivity (Wildman–Crippen MR) is 112 cm³/mol. The van der Waals surface area contributed by atoms with Crippen LogP contribution in [0.3, 0.4) is 0 Å². The maximum atomic E-state index is 12.4. The lowest BCUT2D eigenvalue weighted by atomic mass is 10.0. The number of nitrogens with one attached hydrogen (secondary N) is 1. The van der Waals surface area contributed by atoms with E-state index in [1.807, 2.05) is 18.2 Å². The van der Waals surface area contributed by atoms with Gasteiger partial charge in [-0.3, -0.25) is 4.79 Å². The quantitative estimate of drug-likeness (QED) is 0.679. The lowest BCUT2D eigenvalue weighted by Gasteiger charge is -2.33. The van der Waals surface area contributed by atoms with Crippen LogP contribution in [-0.2, 0) is 0 Å². The average Bonchev–Trinajstić information content (AvgIpc) is 3.22. The lowest BCUT2D eigenvalue weighted by Crippen LogP contribution is -2.39. The van der Waals surface area contributed by atoms with Crippen molar-refractivity contribution in [3.05, 3.63) is 29.3 Å². The molecular formula is C21H29N3O3S. The molecule has 3 rings (SSSR count). The number of methoxy groups -OCH3 is 2. The van der Waals surface area contributed by atoms with Crippen LogP contribution in [0.2, 0.25) is 0 Å². The Morgan fingerprint density at radius 1 is 1.29 bits per heavy atom. The second kappa shape index (κ2) is 9.89. The van der Waals surface area contributed by atoms with Crippen LogP contribution in [0.15, 0.2) is 23.6 Å². The number of likely N-dealkylation sites (tertiary alicyclic amines) is 1. The van der Waals surface area contributed by atoms with Gasteiger partial charge in [-0.25, -0.2) is 4.98 Å². The number of nitrogens with zero attached hydrogens (tertiary/aromatic N) is 2. The minimum Gasteiger partial charge on any atom is -0.493 e. The normalized spacial score (nSPS) is 17.3. The molecule has 1 saturated heterocycles. The van der Waals surface area contributed by atoms with Gasteiger partial charge in [0, 0.05) is 30.1 Å². The number of thiazole rings is 1.